The van der Waals surface area contributed by atoms with E-state index in [0.717, 1.165) is 31.7 Å². The van der Waals surface area contributed by atoms with Crippen molar-refractivity contribution >= 4 is 11.4 Å². The number of hydrogen-bond acceptors (Lipinski definition) is 3. The van der Waals surface area contributed by atoms with Crippen LogP contribution in [-0.4, -0.2) is 11.0 Å². The molecule has 0 amide bonds. The normalized spacial score (nSPS) is 21.5. The van der Waals surface area contributed by atoms with Gasteiger partial charge in [0.05, 0.1) is 10.6 Å². The summed E-state index contributed by atoms with van der Waals surface area (Å²) >= 11 is 0. The molecule has 2 rings (SSSR count). The largest absolute Gasteiger partial charge is 0.379 e. The molecule has 0 saturated heterocycles. The molecule has 1 aromatic rings. The second-order valence-electron chi connectivity index (χ2n) is 5.97. The predicted molar refractivity (Wildman–Crippen MR) is 72.7 cm³/mol. The molecule has 1 fully saturated rings. The van der Waals surface area contributed by atoms with Crippen molar-refractivity contribution in [3.05, 3.63) is 33.9 Å². The highest BCUT2D eigenvalue weighted by Gasteiger charge is 2.33. The van der Waals surface area contributed by atoms with Crippen molar-refractivity contribution in [2.75, 3.05) is 5.32 Å². The Morgan fingerprint density at radius 2 is 2.00 bits per heavy atom. The highest BCUT2D eigenvalue weighted by molar-refractivity contribution is 5.53. The van der Waals surface area contributed by atoms with E-state index in [0.29, 0.717) is 6.07 Å². The summed E-state index contributed by atoms with van der Waals surface area (Å²) in [6.45, 7) is 4.17. The summed E-state index contributed by atoms with van der Waals surface area (Å²) in [6, 6.07) is 1.53. The first-order valence-electron chi connectivity index (χ1n) is 6.71. The summed E-state index contributed by atoms with van der Waals surface area (Å²) in [7, 11) is 0. The Hall–Kier alpha value is -1.72. The molecule has 1 saturated carbocycles. The van der Waals surface area contributed by atoms with Gasteiger partial charge in [-0.2, -0.15) is 4.39 Å². The van der Waals surface area contributed by atoms with Crippen molar-refractivity contribution in [3.8, 4) is 0 Å². The molecule has 1 aliphatic carbocycles. The maximum Gasteiger partial charge on any atom is 0.307 e. The van der Waals surface area contributed by atoms with Gasteiger partial charge in [0.25, 0.3) is 0 Å². The lowest BCUT2D eigenvalue weighted by atomic mass is 9.73. The fraction of sp³-hybridized carbons (Fsp3) is 0.571. The second kappa shape index (κ2) is 5.34. The Morgan fingerprint density at radius 1 is 1.30 bits per heavy atom. The standard InChI is InChI=1S/C14H18F2N2O2/c1-14(2)6-4-3-5-13(14)17-11-8-12(18(19)20)10(16)7-9(11)15/h7-8,13,17H,3-6H2,1-2H3. The molecule has 1 N–H and O–H groups in total. The minimum Gasteiger partial charge on any atom is -0.379 e. The van der Waals surface area contributed by atoms with Gasteiger partial charge in [-0.25, -0.2) is 4.39 Å². The molecule has 1 aromatic carbocycles. The number of anilines is 1. The summed E-state index contributed by atoms with van der Waals surface area (Å²) in [4.78, 5) is 9.88. The molecule has 0 spiro atoms. The van der Waals surface area contributed by atoms with Gasteiger partial charge in [0.1, 0.15) is 5.82 Å². The van der Waals surface area contributed by atoms with E-state index in [-0.39, 0.29) is 17.1 Å². The number of benzene rings is 1. The lowest BCUT2D eigenvalue weighted by Crippen LogP contribution is -2.39. The zero-order valence-corrected chi connectivity index (χ0v) is 11.6. The SMILES string of the molecule is CC1(C)CCCCC1Nc1cc([N+](=O)[O-])c(F)cc1F. The predicted octanol–water partition coefficient (Wildman–Crippen LogP) is 4.25. The molecule has 110 valence electrons. The summed E-state index contributed by atoms with van der Waals surface area (Å²) in [5.41, 5.74) is -0.728. The third-order valence-corrected chi connectivity index (χ3v) is 4.07. The smallest absolute Gasteiger partial charge is 0.307 e. The number of nitrogens with zero attached hydrogens (tertiary/aromatic N) is 1. The molecule has 0 aliphatic heterocycles. The van der Waals surface area contributed by atoms with Gasteiger partial charge in [-0.15, -0.1) is 0 Å². The van der Waals surface area contributed by atoms with Crippen LogP contribution in [0.25, 0.3) is 0 Å². The van der Waals surface area contributed by atoms with Crippen LogP contribution in [0.1, 0.15) is 39.5 Å². The highest BCUT2D eigenvalue weighted by Crippen LogP contribution is 2.38. The molecule has 0 heterocycles. The minimum absolute atomic E-state index is 0.00178. The average Bonchev–Trinajstić information content (AvgIpc) is 2.34. The molecule has 6 heteroatoms. The fourth-order valence-corrected chi connectivity index (χ4v) is 2.74. The van der Waals surface area contributed by atoms with Crippen LogP contribution in [-0.2, 0) is 0 Å². The number of nitro groups is 1. The molecule has 1 unspecified atom stereocenters. The van der Waals surface area contributed by atoms with E-state index in [2.05, 4.69) is 19.2 Å². The van der Waals surface area contributed by atoms with Crippen LogP contribution in [0.15, 0.2) is 12.1 Å². The van der Waals surface area contributed by atoms with E-state index in [9.17, 15) is 18.9 Å². The van der Waals surface area contributed by atoms with E-state index < -0.39 is 22.2 Å². The first-order chi connectivity index (χ1) is 9.31. The van der Waals surface area contributed by atoms with Crippen LogP contribution in [0, 0.1) is 27.2 Å². The summed E-state index contributed by atoms with van der Waals surface area (Å²) < 4.78 is 27.1. The lowest BCUT2D eigenvalue weighted by Gasteiger charge is -2.39. The van der Waals surface area contributed by atoms with Gasteiger partial charge < -0.3 is 5.32 Å². The molecule has 4 nitrogen and oxygen atoms in total. The third-order valence-electron chi connectivity index (χ3n) is 4.07. The Morgan fingerprint density at radius 3 is 2.60 bits per heavy atom. The van der Waals surface area contributed by atoms with Gasteiger partial charge in [0.15, 0.2) is 0 Å². The first kappa shape index (κ1) is 14.7. The van der Waals surface area contributed by atoms with E-state index in [1.165, 1.54) is 0 Å². The van der Waals surface area contributed by atoms with Gasteiger partial charge in [-0.3, -0.25) is 10.1 Å². The number of nitrogens with one attached hydrogen (secondary N) is 1. The Labute approximate surface area is 116 Å². The molecule has 1 aliphatic rings. The van der Waals surface area contributed by atoms with Crippen molar-refractivity contribution in [1.82, 2.24) is 0 Å². The van der Waals surface area contributed by atoms with E-state index >= 15 is 0 Å². The zero-order valence-electron chi connectivity index (χ0n) is 11.6. The van der Waals surface area contributed by atoms with Crippen LogP contribution >= 0.6 is 0 Å². The monoisotopic (exact) mass is 284 g/mol. The van der Waals surface area contributed by atoms with Gasteiger partial charge in [-0.05, 0) is 18.3 Å². The van der Waals surface area contributed by atoms with Crippen LogP contribution in [0.2, 0.25) is 0 Å². The maximum absolute atomic E-state index is 13.8. The summed E-state index contributed by atoms with van der Waals surface area (Å²) in [5.74, 6) is -1.95. The van der Waals surface area contributed by atoms with Crippen LogP contribution in [0.3, 0.4) is 0 Å². The topological polar surface area (TPSA) is 55.2 Å². The van der Waals surface area contributed by atoms with Gasteiger partial charge in [0, 0.05) is 18.2 Å². The van der Waals surface area contributed by atoms with Crippen molar-refractivity contribution < 1.29 is 13.7 Å². The number of halogens is 2. The summed E-state index contributed by atoms with van der Waals surface area (Å²) in [5, 5.41) is 13.7. The summed E-state index contributed by atoms with van der Waals surface area (Å²) in [6.07, 6.45) is 4.04. The van der Waals surface area contributed by atoms with Crippen LogP contribution < -0.4 is 5.32 Å². The minimum atomic E-state index is -1.15. The molecular formula is C14H18F2N2O2. The molecule has 1 atom stereocenters. The maximum atomic E-state index is 13.8. The van der Waals surface area contributed by atoms with Gasteiger partial charge in [-0.1, -0.05) is 26.7 Å². The van der Waals surface area contributed by atoms with Gasteiger partial charge in [0.2, 0.25) is 5.82 Å². The molecular weight excluding hydrogens is 266 g/mol. The second-order valence-corrected chi connectivity index (χ2v) is 5.97. The fourth-order valence-electron chi connectivity index (χ4n) is 2.74. The Bertz CT molecular complexity index is 532. The molecule has 0 radical (unpaired) electrons. The Kier molecular flexibility index (Phi) is 3.92. The zero-order chi connectivity index (χ0) is 14.9. The number of nitro benzene ring substituents is 1. The Balaban J connectivity index is 2.29. The van der Waals surface area contributed by atoms with Crippen molar-refractivity contribution in [3.63, 3.8) is 0 Å². The molecule has 0 bridgehead atoms. The van der Waals surface area contributed by atoms with Crippen molar-refractivity contribution in [2.45, 2.75) is 45.6 Å². The number of rotatable bonds is 3. The van der Waals surface area contributed by atoms with Gasteiger partial charge >= 0.3 is 5.69 Å². The molecule has 0 aromatic heterocycles. The van der Waals surface area contributed by atoms with Crippen LogP contribution in [0.5, 0.6) is 0 Å². The lowest BCUT2D eigenvalue weighted by molar-refractivity contribution is -0.387. The van der Waals surface area contributed by atoms with E-state index in [4.69, 9.17) is 0 Å². The van der Waals surface area contributed by atoms with E-state index in [1.54, 1.807) is 0 Å². The first-order valence-corrected chi connectivity index (χ1v) is 6.71. The quantitative estimate of drug-likeness (QED) is 0.666. The third kappa shape index (κ3) is 2.89. The average molecular weight is 284 g/mol. The van der Waals surface area contributed by atoms with Crippen molar-refractivity contribution in [2.24, 2.45) is 5.41 Å². The van der Waals surface area contributed by atoms with Crippen LogP contribution in [0.4, 0.5) is 20.2 Å². The highest BCUT2D eigenvalue weighted by atomic mass is 19.1. The number of hydrogen-bond donors (Lipinski definition) is 1. The molecule has 20 heavy (non-hydrogen) atoms. The van der Waals surface area contributed by atoms with Crippen molar-refractivity contribution in [1.29, 1.82) is 0 Å². The van der Waals surface area contributed by atoms with E-state index in [1.807, 2.05) is 0 Å².